The first-order valence-electron chi connectivity index (χ1n) is 6.39. The second-order valence-electron chi connectivity index (χ2n) is 4.70. The van der Waals surface area contributed by atoms with E-state index in [0.29, 0.717) is 19.8 Å². The molecule has 0 radical (unpaired) electrons. The summed E-state index contributed by atoms with van der Waals surface area (Å²) >= 11 is 0. The van der Waals surface area contributed by atoms with Crippen molar-refractivity contribution in [3.05, 3.63) is 29.8 Å². The maximum Gasteiger partial charge on any atom is 0.124 e. The summed E-state index contributed by atoms with van der Waals surface area (Å²) in [5.74, 6) is 0.864. The van der Waals surface area contributed by atoms with Crippen molar-refractivity contribution < 1.29 is 14.2 Å². The Morgan fingerprint density at radius 1 is 1.33 bits per heavy atom. The third kappa shape index (κ3) is 3.22. The van der Waals surface area contributed by atoms with E-state index in [-0.39, 0.29) is 18.2 Å². The van der Waals surface area contributed by atoms with Gasteiger partial charge in [0.1, 0.15) is 18.5 Å². The lowest BCUT2D eigenvalue weighted by atomic mass is 9.99. The number of ether oxygens (including phenoxy) is 3. The molecule has 0 aliphatic carbocycles. The van der Waals surface area contributed by atoms with E-state index in [4.69, 9.17) is 19.9 Å². The Bertz CT molecular complexity index is 381. The second-order valence-corrected chi connectivity index (χ2v) is 4.70. The molecule has 1 aromatic carbocycles. The van der Waals surface area contributed by atoms with Crippen LogP contribution < -0.4 is 10.5 Å². The van der Waals surface area contributed by atoms with Gasteiger partial charge in [-0.3, -0.25) is 0 Å². The lowest BCUT2D eigenvalue weighted by molar-refractivity contribution is -0.0429. The molecular formula is C14H21NO3. The molecule has 2 rings (SSSR count). The maximum absolute atomic E-state index is 6.19. The third-order valence-corrected chi connectivity index (χ3v) is 2.95. The van der Waals surface area contributed by atoms with Crippen molar-refractivity contribution in [3.8, 4) is 5.75 Å². The van der Waals surface area contributed by atoms with E-state index in [0.717, 1.165) is 11.3 Å². The van der Waals surface area contributed by atoms with Crippen LogP contribution in [0, 0.1) is 0 Å². The van der Waals surface area contributed by atoms with Gasteiger partial charge in [0.25, 0.3) is 0 Å². The predicted octanol–water partition coefficient (Wildman–Crippen LogP) is 1.89. The van der Waals surface area contributed by atoms with E-state index >= 15 is 0 Å². The van der Waals surface area contributed by atoms with Gasteiger partial charge >= 0.3 is 0 Å². The Kier molecular flexibility index (Phi) is 4.58. The largest absolute Gasteiger partial charge is 0.490 e. The minimum atomic E-state index is -0.131. The minimum absolute atomic E-state index is 0.101. The minimum Gasteiger partial charge on any atom is -0.490 e. The number of fused-ring (bicyclic) bond motifs is 1. The molecule has 0 amide bonds. The first-order chi connectivity index (χ1) is 8.68. The highest BCUT2D eigenvalue weighted by Gasteiger charge is 2.28. The third-order valence-electron chi connectivity index (χ3n) is 2.95. The zero-order valence-electron chi connectivity index (χ0n) is 11.0. The number of nitrogens with two attached hydrogens (primary N) is 1. The van der Waals surface area contributed by atoms with E-state index < -0.39 is 0 Å². The van der Waals surface area contributed by atoms with Gasteiger partial charge in [0.15, 0.2) is 0 Å². The summed E-state index contributed by atoms with van der Waals surface area (Å²) < 4.78 is 16.8. The Morgan fingerprint density at radius 2 is 2.11 bits per heavy atom. The van der Waals surface area contributed by atoms with Crippen molar-refractivity contribution in [2.45, 2.75) is 32.1 Å². The first kappa shape index (κ1) is 13.3. The van der Waals surface area contributed by atoms with E-state index in [1.165, 1.54) is 0 Å². The van der Waals surface area contributed by atoms with Crippen LogP contribution in [0.4, 0.5) is 0 Å². The molecule has 2 N–H and O–H groups in total. The number of benzene rings is 1. The van der Waals surface area contributed by atoms with E-state index in [9.17, 15) is 0 Å². The molecule has 1 heterocycles. The SMILES string of the molecule is CC(C)OCCOC1COc2ccccc2C1N. The standard InChI is InChI=1S/C14H21NO3/c1-10(2)16-7-8-17-13-9-18-12-6-4-3-5-11(12)14(13)15/h3-6,10,13-14H,7-9,15H2,1-2H3. The average Bonchev–Trinajstić information content (AvgIpc) is 2.37. The molecule has 2 atom stereocenters. The molecule has 100 valence electrons. The van der Waals surface area contributed by atoms with Crippen molar-refractivity contribution in [1.29, 1.82) is 0 Å². The van der Waals surface area contributed by atoms with E-state index in [1.807, 2.05) is 38.1 Å². The van der Waals surface area contributed by atoms with Gasteiger partial charge in [-0.05, 0) is 19.9 Å². The fourth-order valence-corrected chi connectivity index (χ4v) is 2.00. The molecule has 0 fully saturated rings. The summed E-state index contributed by atoms with van der Waals surface area (Å²) in [7, 11) is 0. The van der Waals surface area contributed by atoms with Crippen LogP contribution in [-0.2, 0) is 9.47 Å². The Morgan fingerprint density at radius 3 is 2.89 bits per heavy atom. The maximum atomic E-state index is 6.19. The highest BCUT2D eigenvalue weighted by molar-refractivity contribution is 5.38. The molecule has 1 aliphatic rings. The van der Waals surface area contributed by atoms with Crippen molar-refractivity contribution in [2.24, 2.45) is 5.73 Å². The second kappa shape index (κ2) is 6.18. The average molecular weight is 251 g/mol. The molecule has 1 aromatic rings. The van der Waals surface area contributed by atoms with Crippen LogP contribution in [0.25, 0.3) is 0 Å². The molecule has 1 aliphatic heterocycles. The summed E-state index contributed by atoms with van der Waals surface area (Å²) in [6.07, 6.45) is 0.126. The Balaban J connectivity index is 1.85. The van der Waals surface area contributed by atoms with Gasteiger partial charge in [-0.1, -0.05) is 18.2 Å². The summed E-state index contributed by atoms with van der Waals surface area (Å²) in [6.45, 7) is 5.64. The fourth-order valence-electron chi connectivity index (χ4n) is 2.00. The lowest BCUT2D eigenvalue weighted by Crippen LogP contribution is -2.38. The summed E-state index contributed by atoms with van der Waals surface area (Å²) in [4.78, 5) is 0. The highest BCUT2D eigenvalue weighted by atomic mass is 16.6. The Hall–Kier alpha value is -1.10. The first-order valence-corrected chi connectivity index (χ1v) is 6.39. The summed E-state index contributed by atoms with van der Waals surface area (Å²) in [5.41, 5.74) is 7.20. The van der Waals surface area contributed by atoms with Gasteiger partial charge in [-0.2, -0.15) is 0 Å². The molecule has 0 bridgehead atoms. The molecule has 0 aromatic heterocycles. The van der Waals surface area contributed by atoms with Crippen LogP contribution in [-0.4, -0.2) is 32.0 Å². The van der Waals surface area contributed by atoms with Gasteiger partial charge in [0, 0.05) is 5.56 Å². The summed E-state index contributed by atoms with van der Waals surface area (Å²) in [5, 5.41) is 0. The number of hydrogen-bond acceptors (Lipinski definition) is 4. The smallest absolute Gasteiger partial charge is 0.124 e. The zero-order valence-corrected chi connectivity index (χ0v) is 11.0. The van der Waals surface area contributed by atoms with Crippen molar-refractivity contribution in [3.63, 3.8) is 0 Å². The fraction of sp³-hybridized carbons (Fsp3) is 0.571. The Labute approximate surface area is 108 Å². The van der Waals surface area contributed by atoms with E-state index in [1.54, 1.807) is 0 Å². The lowest BCUT2D eigenvalue weighted by Gasteiger charge is -2.31. The monoisotopic (exact) mass is 251 g/mol. The molecule has 0 saturated heterocycles. The molecule has 2 unspecified atom stereocenters. The van der Waals surface area contributed by atoms with Gasteiger partial charge in [-0.15, -0.1) is 0 Å². The van der Waals surface area contributed by atoms with Crippen molar-refractivity contribution >= 4 is 0 Å². The van der Waals surface area contributed by atoms with Crippen LogP contribution in [0.1, 0.15) is 25.5 Å². The zero-order chi connectivity index (χ0) is 13.0. The topological polar surface area (TPSA) is 53.7 Å². The quantitative estimate of drug-likeness (QED) is 0.812. The molecule has 4 heteroatoms. The van der Waals surface area contributed by atoms with Gasteiger partial charge in [0.05, 0.1) is 25.4 Å². The highest BCUT2D eigenvalue weighted by Crippen LogP contribution is 2.31. The van der Waals surface area contributed by atoms with Crippen molar-refractivity contribution in [2.75, 3.05) is 19.8 Å². The molecule has 18 heavy (non-hydrogen) atoms. The number of rotatable bonds is 5. The molecule has 0 spiro atoms. The molecule has 0 saturated carbocycles. The van der Waals surface area contributed by atoms with Gasteiger partial charge in [0.2, 0.25) is 0 Å². The van der Waals surface area contributed by atoms with Crippen LogP contribution in [0.15, 0.2) is 24.3 Å². The van der Waals surface area contributed by atoms with Crippen LogP contribution >= 0.6 is 0 Å². The number of hydrogen-bond donors (Lipinski definition) is 1. The molecule has 4 nitrogen and oxygen atoms in total. The van der Waals surface area contributed by atoms with Crippen LogP contribution in [0.2, 0.25) is 0 Å². The van der Waals surface area contributed by atoms with Gasteiger partial charge < -0.3 is 19.9 Å². The van der Waals surface area contributed by atoms with E-state index in [2.05, 4.69) is 0 Å². The van der Waals surface area contributed by atoms with Crippen LogP contribution in [0.3, 0.4) is 0 Å². The van der Waals surface area contributed by atoms with Crippen LogP contribution in [0.5, 0.6) is 5.75 Å². The summed E-state index contributed by atoms with van der Waals surface area (Å²) in [6, 6.07) is 7.71. The number of para-hydroxylation sites is 1. The van der Waals surface area contributed by atoms with Crippen molar-refractivity contribution in [1.82, 2.24) is 0 Å². The normalized spacial score (nSPS) is 22.7. The van der Waals surface area contributed by atoms with Gasteiger partial charge in [-0.25, -0.2) is 0 Å². The predicted molar refractivity (Wildman–Crippen MR) is 69.7 cm³/mol. The molecular weight excluding hydrogens is 230 g/mol.